The zero-order valence-electron chi connectivity index (χ0n) is 12.3. The number of nitrogens with zero attached hydrogens (tertiary/aromatic N) is 1. The Kier molecular flexibility index (Phi) is 5.41. The molecule has 4 nitrogen and oxygen atoms in total. The van der Waals surface area contributed by atoms with Crippen LogP contribution in [-0.2, 0) is 0 Å². The first-order valence-electron chi connectivity index (χ1n) is 7.54. The maximum absolute atomic E-state index is 12.1. The lowest BCUT2D eigenvalue weighted by molar-refractivity contribution is 0.0948. The summed E-state index contributed by atoms with van der Waals surface area (Å²) in [6.07, 6.45) is 5.24. The second kappa shape index (κ2) is 7.29. The Morgan fingerprint density at radius 2 is 1.95 bits per heavy atom. The van der Waals surface area contributed by atoms with Gasteiger partial charge in [0.05, 0.1) is 0 Å². The first-order valence-corrected chi connectivity index (χ1v) is 7.54. The lowest BCUT2D eigenvalue weighted by atomic mass is 10.1. The highest BCUT2D eigenvalue weighted by molar-refractivity contribution is 5.96. The monoisotopic (exact) mass is 275 g/mol. The van der Waals surface area contributed by atoms with Crippen molar-refractivity contribution in [2.75, 3.05) is 31.9 Å². The van der Waals surface area contributed by atoms with Crippen LogP contribution in [0.15, 0.2) is 18.2 Å². The third-order valence-electron chi connectivity index (χ3n) is 4.03. The average Bonchev–Trinajstić information content (AvgIpc) is 2.70. The van der Waals surface area contributed by atoms with Crippen LogP contribution in [0, 0.1) is 6.92 Å². The minimum Gasteiger partial charge on any atom is -0.398 e. The van der Waals surface area contributed by atoms with Crippen molar-refractivity contribution < 1.29 is 4.79 Å². The molecule has 3 N–H and O–H groups in total. The molecule has 1 heterocycles. The van der Waals surface area contributed by atoms with Gasteiger partial charge in [0.1, 0.15) is 0 Å². The van der Waals surface area contributed by atoms with Crippen LogP contribution in [-0.4, -0.2) is 37.0 Å². The lowest BCUT2D eigenvalue weighted by Gasteiger charge is -2.20. The molecule has 0 aromatic heterocycles. The summed E-state index contributed by atoms with van der Waals surface area (Å²) in [5.74, 6) is -0.0235. The van der Waals surface area contributed by atoms with Gasteiger partial charge in [-0.3, -0.25) is 4.79 Å². The maximum atomic E-state index is 12.1. The van der Waals surface area contributed by atoms with Gasteiger partial charge in [-0.25, -0.2) is 0 Å². The van der Waals surface area contributed by atoms with Gasteiger partial charge in [0, 0.05) is 24.3 Å². The smallest absolute Gasteiger partial charge is 0.251 e. The molecular weight excluding hydrogens is 250 g/mol. The molecule has 0 spiro atoms. The van der Waals surface area contributed by atoms with Gasteiger partial charge in [-0.15, -0.1) is 0 Å². The van der Waals surface area contributed by atoms with E-state index in [9.17, 15) is 4.79 Å². The van der Waals surface area contributed by atoms with E-state index in [0.717, 1.165) is 25.2 Å². The fourth-order valence-corrected chi connectivity index (χ4v) is 2.68. The largest absolute Gasteiger partial charge is 0.398 e. The molecule has 1 fully saturated rings. The highest BCUT2D eigenvalue weighted by Crippen LogP contribution is 2.15. The zero-order chi connectivity index (χ0) is 14.4. The Bertz CT molecular complexity index is 451. The molecule has 0 radical (unpaired) electrons. The van der Waals surface area contributed by atoms with Gasteiger partial charge in [-0.2, -0.15) is 0 Å². The fourth-order valence-electron chi connectivity index (χ4n) is 2.68. The molecule has 0 atom stereocenters. The molecule has 1 aliphatic heterocycles. The van der Waals surface area contributed by atoms with E-state index in [1.165, 1.54) is 25.7 Å². The lowest BCUT2D eigenvalue weighted by Crippen LogP contribution is -2.35. The number of carbonyl (C=O) groups excluding carboxylic acids is 1. The highest BCUT2D eigenvalue weighted by Gasteiger charge is 2.12. The Morgan fingerprint density at radius 1 is 1.25 bits per heavy atom. The van der Waals surface area contributed by atoms with Gasteiger partial charge in [-0.1, -0.05) is 18.9 Å². The minimum atomic E-state index is -0.0235. The van der Waals surface area contributed by atoms with Crippen LogP contribution in [0.25, 0.3) is 0 Å². The van der Waals surface area contributed by atoms with Crippen LogP contribution in [0.5, 0.6) is 0 Å². The van der Waals surface area contributed by atoms with E-state index in [1.54, 1.807) is 0 Å². The average molecular weight is 275 g/mol. The van der Waals surface area contributed by atoms with Crippen LogP contribution >= 0.6 is 0 Å². The molecular formula is C16H25N3O. The number of anilines is 1. The van der Waals surface area contributed by atoms with Crippen LogP contribution in [0.1, 0.15) is 41.6 Å². The van der Waals surface area contributed by atoms with Crippen molar-refractivity contribution in [2.24, 2.45) is 0 Å². The van der Waals surface area contributed by atoms with Crippen LogP contribution in [0.3, 0.4) is 0 Å². The van der Waals surface area contributed by atoms with Gasteiger partial charge in [0.2, 0.25) is 0 Å². The van der Waals surface area contributed by atoms with Crippen molar-refractivity contribution in [3.05, 3.63) is 29.3 Å². The van der Waals surface area contributed by atoms with Crippen molar-refractivity contribution >= 4 is 11.6 Å². The van der Waals surface area contributed by atoms with E-state index in [1.807, 2.05) is 25.1 Å². The van der Waals surface area contributed by atoms with Crippen molar-refractivity contribution in [2.45, 2.75) is 32.6 Å². The molecule has 1 amide bonds. The SMILES string of the molecule is Cc1c(N)cccc1C(=O)NCCN1CCCCCC1. The third-order valence-corrected chi connectivity index (χ3v) is 4.03. The quantitative estimate of drug-likeness (QED) is 0.828. The van der Waals surface area contributed by atoms with E-state index in [4.69, 9.17) is 5.73 Å². The number of rotatable bonds is 4. The highest BCUT2D eigenvalue weighted by atomic mass is 16.1. The zero-order valence-corrected chi connectivity index (χ0v) is 12.3. The van der Waals surface area contributed by atoms with Crippen molar-refractivity contribution in [3.8, 4) is 0 Å². The van der Waals surface area contributed by atoms with Crippen molar-refractivity contribution in [1.82, 2.24) is 10.2 Å². The molecule has 110 valence electrons. The Balaban J connectivity index is 1.81. The first-order chi connectivity index (χ1) is 9.68. The number of nitrogens with two attached hydrogens (primary N) is 1. The van der Waals surface area contributed by atoms with Gasteiger partial charge < -0.3 is 16.0 Å². The van der Waals surface area contributed by atoms with Gasteiger partial charge in [-0.05, 0) is 50.6 Å². The summed E-state index contributed by atoms with van der Waals surface area (Å²) in [5, 5.41) is 3.00. The molecule has 0 aliphatic carbocycles. The predicted octanol–water partition coefficient (Wildman–Crippen LogP) is 2.18. The number of nitrogen functional groups attached to an aromatic ring is 1. The fraction of sp³-hybridized carbons (Fsp3) is 0.562. The summed E-state index contributed by atoms with van der Waals surface area (Å²) in [6, 6.07) is 5.47. The molecule has 0 saturated carbocycles. The number of nitrogens with one attached hydrogen (secondary N) is 1. The molecule has 1 aliphatic rings. The van der Waals surface area contributed by atoms with Gasteiger partial charge in [0.15, 0.2) is 0 Å². The summed E-state index contributed by atoms with van der Waals surface area (Å²) >= 11 is 0. The molecule has 1 aromatic rings. The molecule has 2 rings (SSSR count). The number of hydrogen-bond acceptors (Lipinski definition) is 3. The number of benzene rings is 1. The Hall–Kier alpha value is -1.55. The number of amides is 1. The second-order valence-electron chi connectivity index (χ2n) is 5.53. The van der Waals surface area contributed by atoms with Crippen molar-refractivity contribution in [1.29, 1.82) is 0 Å². The summed E-state index contributed by atoms with van der Waals surface area (Å²) in [5.41, 5.74) is 8.05. The van der Waals surface area contributed by atoms with E-state index in [2.05, 4.69) is 10.2 Å². The number of likely N-dealkylation sites (tertiary alicyclic amines) is 1. The molecule has 20 heavy (non-hydrogen) atoms. The van der Waals surface area contributed by atoms with E-state index < -0.39 is 0 Å². The third kappa shape index (κ3) is 3.97. The summed E-state index contributed by atoms with van der Waals surface area (Å²) < 4.78 is 0. The Labute approximate surface area is 121 Å². The summed E-state index contributed by atoms with van der Waals surface area (Å²) in [7, 11) is 0. The molecule has 0 bridgehead atoms. The van der Waals surface area contributed by atoms with Gasteiger partial charge in [0.25, 0.3) is 5.91 Å². The molecule has 0 unspecified atom stereocenters. The van der Waals surface area contributed by atoms with E-state index in [0.29, 0.717) is 17.8 Å². The minimum absolute atomic E-state index is 0.0235. The first kappa shape index (κ1) is 14.9. The van der Waals surface area contributed by atoms with Crippen LogP contribution in [0.4, 0.5) is 5.69 Å². The van der Waals surface area contributed by atoms with Crippen LogP contribution in [0.2, 0.25) is 0 Å². The maximum Gasteiger partial charge on any atom is 0.251 e. The second-order valence-corrected chi connectivity index (χ2v) is 5.53. The van der Waals surface area contributed by atoms with Crippen molar-refractivity contribution in [3.63, 3.8) is 0 Å². The number of hydrogen-bond donors (Lipinski definition) is 2. The van der Waals surface area contributed by atoms with E-state index >= 15 is 0 Å². The summed E-state index contributed by atoms with van der Waals surface area (Å²) in [6.45, 7) is 5.85. The standard InChI is InChI=1S/C16H25N3O/c1-13-14(7-6-8-15(13)17)16(20)18-9-12-19-10-4-2-3-5-11-19/h6-8H,2-5,9-12,17H2,1H3,(H,18,20). The normalized spacial score (nSPS) is 16.6. The van der Waals surface area contributed by atoms with Gasteiger partial charge >= 0.3 is 0 Å². The summed E-state index contributed by atoms with van der Waals surface area (Å²) in [4.78, 5) is 14.6. The van der Waals surface area contributed by atoms with E-state index in [-0.39, 0.29) is 5.91 Å². The number of carbonyl (C=O) groups is 1. The van der Waals surface area contributed by atoms with Crippen LogP contribution < -0.4 is 11.1 Å². The molecule has 1 aromatic carbocycles. The Morgan fingerprint density at radius 3 is 2.65 bits per heavy atom. The molecule has 1 saturated heterocycles. The molecule has 4 heteroatoms. The predicted molar refractivity (Wildman–Crippen MR) is 82.8 cm³/mol. The topological polar surface area (TPSA) is 58.4 Å².